The number of para-hydroxylation sites is 1. The molecule has 2 saturated heterocycles. The highest BCUT2D eigenvalue weighted by molar-refractivity contribution is 7.22. The number of amides is 4. The van der Waals surface area contributed by atoms with Gasteiger partial charge < -0.3 is 30.9 Å². The number of anilines is 2. The molecule has 4 aromatic rings. The van der Waals surface area contributed by atoms with Gasteiger partial charge in [-0.25, -0.2) is 14.2 Å². The summed E-state index contributed by atoms with van der Waals surface area (Å²) in [6.07, 6.45) is -0.353. The number of urea groups is 1. The van der Waals surface area contributed by atoms with Crippen LogP contribution in [0.5, 0.6) is 5.75 Å². The predicted octanol–water partition coefficient (Wildman–Crippen LogP) is 3.47. The number of aromatic nitrogens is 1. The maximum Gasteiger partial charge on any atom is 0.332 e. The number of hydrazine groups is 1. The van der Waals surface area contributed by atoms with E-state index in [-0.39, 0.29) is 50.2 Å². The van der Waals surface area contributed by atoms with Gasteiger partial charge in [0.05, 0.1) is 29.0 Å². The smallest absolute Gasteiger partial charge is 0.332 e. The summed E-state index contributed by atoms with van der Waals surface area (Å²) in [6.45, 7) is 4.33. The summed E-state index contributed by atoms with van der Waals surface area (Å²) in [7, 11) is 1.59. The van der Waals surface area contributed by atoms with Crippen LogP contribution in [-0.4, -0.2) is 75.0 Å². The number of rotatable bonds is 7. The summed E-state index contributed by atoms with van der Waals surface area (Å²) >= 11 is 1.38. The molecule has 2 atom stereocenters. The van der Waals surface area contributed by atoms with E-state index in [1.165, 1.54) is 28.5 Å². The lowest BCUT2D eigenvalue weighted by Crippen LogP contribution is -2.65. The average Bonchev–Trinajstić information content (AvgIpc) is 3.71. The molecule has 3 aliphatic heterocycles. The Morgan fingerprint density at radius 2 is 1.98 bits per heavy atom. The molecule has 0 aliphatic carbocycles. The fourth-order valence-corrected chi connectivity index (χ4v) is 7.02. The Labute approximate surface area is 267 Å². The van der Waals surface area contributed by atoms with Crippen molar-refractivity contribution in [3.63, 3.8) is 0 Å². The number of hydrogen-bond acceptors (Lipinski definition) is 9. The van der Waals surface area contributed by atoms with Gasteiger partial charge in [0.1, 0.15) is 18.0 Å². The first-order valence-electron chi connectivity index (χ1n) is 14.7. The zero-order chi connectivity index (χ0) is 32.1. The largest absolute Gasteiger partial charge is 0.440 e. The number of hydrogen-bond donors (Lipinski definition) is 3. The van der Waals surface area contributed by atoms with Crippen molar-refractivity contribution < 1.29 is 23.5 Å². The van der Waals surface area contributed by atoms with Gasteiger partial charge in [-0.05, 0) is 53.6 Å². The number of nitrogens with one attached hydrogen (secondary N) is 2. The van der Waals surface area contributed by atoms with Crippen LogP contribution in [0, 0.1) is 5.82 Å². The second-order valence-corrected chi connectivity index (χ2v) is 12.5. The van der Waals surface area contributed by atoms with Crippen LogP contribution in [0.4, 0.5) is 20.0 Å². The quantitative estimate of drug-likeness (QED) is 0.279. The van der Waals surface area contributed by atoms with Gasteiger partial charge in [-0.2, -0.15) is 5.01 Å². The number of fused-ring (bicyclic) bond motifs is 3. The molecule has 0 unspecified atom stereocenters. The third-order valence-corrected chi connectivity index (χ3v) is 9.31. The fraction of sp³-hybridized carbons (Fsp3) is 0.250. The number of halogens is 1. The van der Waals surface area contributed by atoms with Crippen molar-refractivity contribution >= 4 is 50.2 Å². The second kappa shape index (κ2) is 11.6. The van der Waals surface area contributed by atoms with Crippen LogP contribution in [0.1, 0.15) is 16.7 Å². The molecule has 236 valence electrons. The lowest BCUT2D eigenvalue weighted by molar-refractivity contribution is -0.157. The summed E-state index contributed by atoms with van der Waals surface area (Å²) in [5.41, 5.74) is 9.87. The Bertz CT molecular complexity index is 1880. The van der Waals surface area contributed by atoms with Gasteiger partial charge in [-0.15, -0.1) is 0 Å². The number of piperazine rings is 1. The highest BCUT2D eigenvalue weighted by Crippen LogP contribution is 2.36. The molecule has 4 amide bonds. The number of ether oxygens (including phenoxy) is 1. The summed E-state index contributed by atoms with van der Waals surface area (Å²) in [6, 6.07) is 15.9. The molecule has 4 heterocycles. The molecule has 0 spiro atoms. The highest BCUT2D eigenvalue weighted by atomic mass is 32.1. The molecule has 46 heavy (non-hydrogen) atoms. The standard InChI is InChI=1S/C32H31FN8O4S/c1-18-36-23-12-20(8-11-25(23)45-18)13-24-30(43)39(15-21-4-3-5-26-29(21)37-31(34)46-26)16-27-40(17-28(42)41(24)27)38(2)32(44)35-14-19-6-9-22(33)10-7-19/h3-12,24,27,36H,1,13-17H2,2H3,(H2,34,37)(H,35,44)/t24-,27+/m0/s1. The van der Waals surface area contributed by atoms with E-state index < -0.39 is 18.2 Å². The maximum atomic E-state index is 14.2. The number of nitrogens with zero attached hydrogens (tertiary/aromatic N) is 5. The van der Waals surface area contributed by atoms with Gasteiger partial charge in [-0.3, -0.25) is 14.6 Å². The Morgan fingerprint density at radius 3 is 2.78 bits per heavy atom. The highest BCUT2D eigenvalue weighted by Gasteiger charge is 2.51. The summed E-state index contributed by atoms with van der Waals surface area (Å²) in [5, 5.41) is 9.40. The van der Waals surface area contributed by atoms with E-state index in [1.54, 1.807) is 34.0 Å². The minimum absolute atomic E-state index is 0.0830. The van der Waals surface area contributed by atoms with Crippen LogP contribution < -0.4 is 21.1 Å². The van der Waals surface area contributed by atoms with Gasteiger partial charge in [-0.1, -0.05) is 41.7 Å². The van der Waals surface area contributed by atoms with E-state index in [0.29, 0.717) is 16.8 Å². The molecule has 0 radical (unpaired) electrons. The van der Waals surface area contributed by atoms with Gasteiger partial charge >= 0.3 is 6.03 Å². The Morgan fingerprint density at radius 1 is 1.20 bits per heavy atom. The van der Waals surface area contributed by atoms with Crippen LogP contribution in [-0.2, 0) is 29.1 Å². The third-order valence-electron chi connectivity index (χ3n) is 8.46. The first-order valence-corrected chi connectivity index (χ1v) is 15.5. The van der Waals surface area contributed by atoms with Crippen molar-refractivity contribution in [2.45, 2.75) is 31.7 Å². The van der Waals surface area contributed by atoms with E-state index in [1.807, 2.05) is 36.4 Å². The van der Waals surface area contributed by atoms with Gasteiger partial charge in [0.2, 0.25) is 11.8 Å². The average molecular weight is 643 g/mol. The molecule has 3 aromatic carbocycles. The third kappa shape index (κ3) is 5.45. The van der Waals surface area contributed by atoms with Crippen LogP contribution in [0.15, 0.2) is 73.1 Å². The Hall–Kier alpha value is -5.21. The van der Waals surface area contributed by atoms with E-state index in [4.69, 9.17) is 10.5 Å². The Kier molecular flexibility index (Phi) is 7.45. The number of carbonyl (C=O) groups excluding carboxylic acids is 3. The maximum absolute atomic E-state index is 14.2. The monoisotopic (exact) mass is 642 g/mol. The summed E-state index contributed by atoms with van der Waals surface area (Å²) < 4.78 is 19.8. The first kappa shape index (κ1) is 29.5. The van der Waals surface area contributed by atoms with Crippen molar-refractivity contribution in [3.8, 4) is 5.75 Å². The normalized spacial score (nSPS) is 19.2. The number of thiazole rings is 1. The van der Waals surface area contributed by atoms with Crippen molar-refractivity contribution in [3.05, 3.63) is 95.6 Å². The van der Waals surface area contributed by atoms with Crippen LogP contribution in [0.25, 0.3) is 10.2 Å². The predicted molar refractivity (Wildman–Crippen MR) is 171 cm³/mol. The molecule has 1 aromatic heterocycles. The lowest BCUT2D eigenvalue weighted by Gasteiger charge is -2.45. The van der Waals surface area contributed by atoms with Crippen molar-refractivity contribution in [1.29, 1.82) is 0 Å². The van der Waals surface area contributed by atoms with E-state index in [2.05, 4.69) is 22.2 Å². The van der Waals surface area contributed by atoms with Crippen LogP contribution in [0.2, 0.25) is 0 Å². The lowest BCUT2D eigenvalue weighted by atomic mass is 9.99. The minimum Gasteiger partial charge on any atom is -0.440 e. The Balaban J connectivity index is 1.17. The number of benzene rings is 3. The van der Waals surface area contributed by atoms with Crippen LogP contribution in [0.3, 0.4) is 0 Å². The molecule has 7 rings (SSSR count). The van der Waals surface area contributed by atoms with Crippen molar-refractivity contribution in [2.75, 3.05) is 31.2 Å². The summed E-state index contributed by atoms with van der Waals surface area (Å²) in [5.74, 6) is 0.222. The molecule has 3 aliphatic rings. The molecular weight excluding hydrogens is 611 g/mol. The number of carbonyl (C=O) groups is 3. The zero-order valence-electron chi connectivity index (χ0n) is 24.9. The minimum atomic E-state index is -0.824. The molecule has 2 fully saturated rings. The fourth-order valence-electron chi connectivity index (χ4n) is 6.24. The first-order chi connectivity index (χ1) is 22.1. The number of nitrogens with two attached hydrogens (primary N) is 1. The molecule has 12 nitrogen and oxygen atoms in total. The molecule has 14 heteroatoms. The summed E-state index contributed by atoms with van der Waals surface area (Å²) in [4.78, 5) is 49.0. The number of nitrogen functional groups attached to an aromatic ring is 1. The van der Waals surface area contributed by atoms with Gasteiger partial charge in [0.25, 0.3) is 0 Å². The van der Waals surface area contributed by atoms with E-state index in [0.717, 1.165) is 32.6 Å². The van der Waals surface area contributed by atoms with E-state index in [9.17, 15) is 18.8 Å². The topological polar surface area (TPSA) is 136 Å². The van der Waals surface area contributed by atoms with Gasteiger partial charge in [0.15, 0.2) is 16.8 Å². The second-order valence-electron chi connectivity index (χ2n) is 11.4. The van der Waals surface area contributed by atoms with E-state index >= 15 is 0 Å². The van der Waals surface area contributed by atoms with Crippen molar-refractivity contribution in [2.24, 2.45) is 0 Å². The zero-order valence-corrected chi connectivity index (χ0v) is 25.7. The molecule has 0 bridgehead atoms. The molecule has 4 N–H and O–H groups in total. The SMILES string of the molecule is C=C1Nc2cc(C[C@H]3C(=O)N(Cc4cccc5sc(N)nc45)C[C@H]4N3C(=O)CN4N(C)C(=O)NCc3ccc(F)cc3)ccc2O1. The van der Waals surface area contributed by atoms with Gasteiger partial charge in [0, 0.05) is 26.6 Å². The molecular formula is C32H31FN8O4S. The molecule has 0 saturated carbocycles. The van der Waals surface area contributed by atoms with Crippen LogP contribution >= 0.6 is 11.3 Å². The van der Waals surface area contributed by atoms with Crippen molar-refractivity contribution in [1.82, 2.24) is 30.1 Å².